The quantitative estimate of drug-likeness (QED) is 0.775. The molecule has 1 aromatic heterocycles. The second-order valence-electron chi connectivity index (χ2n) is 4.22. The monoisotopic (exact) mass is 245 g/mol. The van der Waals surface area contributed by atoms with E-state index in [2.05, 4.69) is 10.3 Å². The van der Waals surface area contributed by atoms with Crippen molar-refractivity contribution in [3.05, 3.63) is 47.8 Å². The van der Waals surface area contributed by atoms with Crippen LogP contribution in [0, 0.1) is 0 Å². The molecule has 2 rings (SSSR count). The molecule has 0 spiro atoms. The number of benzene rings is 1. The third kappa shape index (κ3) is 2.74. The molecule has 5 nitrogen and oxygen atoms in total. The smallest absolute Gasteiger partial charge is 0.358 e. The van der Waals surface area contributed by atoms with Crippen LogP contribution in [-0.2, 0) is 11.3 Å². The van der Waals surface area contributed by atoms with E-state index >= 15 is 0 Å². The molecule has 0 aliphatic carbocycles. The summed E-state index contributed by atoms with van der Waals surface area (Å²) in [6.07, 6.45) is 1.42. The standard InChI is InChI=1S/C13H15N3O2/c1-10(2)16-12(8-14-15-16)13(17)18-9-11-6-4-3-5-7-11/h3-8,10H,9H2,1-2H3. The Morgan fingerprint density at radius 1 is 1.33 bits per heavy atom. The summed E-state index contributed by atoms with van der Waals surface area (Å²) >= 11 is 0. The lowest BCUT2D eigenvalue weighted by molar-refractivity contribution is 0.0456. The summed E-state index contributed by atoms with van der Waals surface area (Å²) < 4.78 is 6.77. The Kier molecular flexibility index (Phi) is 3.72. The van der Waals surface area contributed by atoms with Gasteiger partial charge in [-0.05, 0) is 19.4 Å². The Labute approximate surface area is 105 Å². The SMILES string of the molecule is CC(C)n1nncc1C(=O)OCc1ccccc1. The van der Waals surface area contributed by atoms with E-state index in [1.165, 1.54) is 6.20 Å². The van der Waals surface area contributed by atoms with Crippen molar-refractivity contribution in [1.82, 2.24) is 15.0 Å². The number of nitrogens with zero attached hydrogens (tertiary/aromatic N) is 3. The normalized spacial score (nSPS) is 10.6. The highest BCUT2D eigenvalue weighted by molar-refractivity contribution is 5.87. The predicted molar refractivity (Wildman–Crippen MR) is 66.0 cm³/mol. The van der Waals surface area contributed by atoms with Gasteiger partial charge < -0.3 is 4.74 Å². The summed E-state index contributed by atoms with van der Waals surface area (Å²) in [5, 5.41) is 7.59. The summed E-state index contributed by atoms with van der Waals surface area (Å²) in [5.74, 6) is -0.405. The molecule has 0 fully saturated rings. The fraction of sp³-hybridized carbons (Fsp3) is 0.308. The summed E-state index contributed by atoms with van der Waals surface area (Å²) in [7, 11) is 0. The van der Waals surface area contributed by atoms with Crippen molar-refractivity contribution in [1.29, 1.82) is 0 Å². The first-order valence-corrected chi connectivity index (χ1v) is 5.79. The van der Waals surface area contributed by atoms with E-state index in [-0.39, 0.29) is 12.6 Å². The minimum atomic E-state index is -0.405. The number of esters is 1. The van der Waals surface area contributed by atoms with Crippen molar-refractivity contribution in [3.63, 3.8) is 0 Å². The van der Waals surface area contributed by atoms with Gasteiger partial charge in [0.25, 0.3) is 0 Å². The minimum Gasteiger partial charge on any atom is -0.456 e. The number of rotatable bonds is 4. The van der Waals surface area contributed by atoms with Gasteiger partial charge in [0.05, 0.1) is 6.20 Å². The molecule has 0 aliphatic heterocycles. The number of hydrogen-bond acceptors (Lipinski definition) is 4. The van der Waals surface area contributed by atoms with Crippen molar-refractivity contribution < 1.29 is 9.53 Å². The van der Waals surface area contributed by atoms with Gasteiger partial charge >= 0.3 is 5.97 Å². The van der Waals surface area contributed by atoms with Gasteiger partial charge in [-0.1, -0.05) is 35.5 Å². The van der Waals surface area contributed by atoms with Crippen LogP contribution in [0.5, 0.6) is 0 Å². The molecule has 1 aromatic carbocycles. The minimum absolute atomic E-state index is 0.0757. The van der Waals surface area contributed by atoms with Crippen LogP contribution in [0.15, 0.2) is 36.5 Å². The number of carbonyl (C=O) groups is 1. The maximum atomic E-state index is 11.9. The lowest BCUT2D eigenvalue weighted by Gasteiger charge is -2.09. The lowest BCUT2D eigenvalue weighted by atomic mass is 10.2. The Bertz CT molecular complexity index is 520. The van der Waals surface area contributed by atoms with Crippen molar-refractivity contribution in [2.75, 3.05) is 0 Å². The maximum absolute atomic E-state index is 11.9. The Morgan fingerprint density at radius 3 is 2.72 bits per heavy atom. The summed E-state index contributed by atoms with van der Waals surface area (Å²) in [5.41, 5.74) is 1.33. The van der Waals surface area contributed by atoms with Crippen LogP contribution in [0.2, 0.25) is 0 Å². The molecule has 0 unspecified atom stereocenters. The van der Waals surface area contributed by atoms with Gasteiger partial charge in [-0.15, -0.1) is 5.10 Å². The highest BCUT2D eigenvalue weighted by atomic mass is 16.5. The molecule has 0 radical (unpaired) electrons. The van der Waals surface area contributed by atoms with Crippen LogP contribution < -0.4 is 0 Å². The van der Waals surface area contributed by atoms with Gasteiger partial charge in [0.15, 0.2) is 5.69 Å². The van der Waals surface area contributed by atoms with Crippen LogP contribution in [0.3, 0.4) is 0 Å². The average Bonchev–Trinajstić information content (AvgIpc) is 2.86. The molecule has 0 atom stereocenters. The molecule has 0 N–H and O–H groups in total. The van der Waals surface area contributed by atoms with Crippen LogP contribution in [0.4, 0.5) is 0 Å². The zero-order chi connectivity index (χ0) is 13.0. The second kappa shape index (κ2) is 5.44. The predicted octanol–water partition coefficient (Wildman–Crippen LogP) is 2.22. The largest absolute Gasteiger partial charge is 0.456 e. The zero-order valence-corrected chi connectivity index (χ0v) is 10.4. The summed E-state index contributed by atoms with van der Waals surface area (Å²) in [6.45, 7) is 4.12. The highest BCUT2D eigenvalue weighted by Gasteiger charge is 2.16. The van der Waals surface area contributed by atoms with Crippen molar-refractivity contribution in [2.45, 2.75) is 26.5 Å². The Balaban J connectivity index is 2.02. The third-order valence-electron chi connectivity index (χ3n) is 2.49. The van der Waals surface area contributed by atoms with Gasteiger partial charge in [0.1, 0.15) is 6.61 Å². The zero-order valence-electron chi connectivity index (χ0n) is 10.4. The molecule has 2 aromatic rings. The van der Waals surface area contributed by atoms with Crippen LogP contribution in [0.25, 0.3) is 0 Å². The van der Waals surface area contributed by atoms with Gasteiger partial charge in [0.2, 0.25) is 0 Å². The number of hydrogen-bond donors (Lipinski definition) is 0. The van der Waals surface area contributed by atoms with E-state index in [0.717, 1.165) is 5.56 Å². The molecule has 0 saturated carbocycles. The molecule has 5 heteroatoms. The van der Waals surface area contributed by atoms with E-state index in [1.807, 2.05) is 44.2 Å². The molecule has 94 valence electrons. The second-order valence-corrected chi connectivity index (χ2v) is 4.22. The fourth-order valence-corrected chi connectivity index (χ4v) is 1.57. The number of carbonyl (C=O) groups excluding carboxylic acids is 1. The molecular formula is C13H15N3O2. The first-order valence-electron chi connectivity index (χ1n) is 5.79. The van der Waals surface area contributed by atoms with Gasteiger partial charge in [-0.25, -0.2) is 9.48 Å². The topological polar surface area (TPSA) is 57.0 Å². The molecule has 18 heavy (non-hydrogen) atoms. The van der Waals surface area contributed by atoms with E-state index in [4.69, 9.17) is 4.74 Å². The van der Waals surface area contributed by atoms with Gasteiger partial charge in [-0.3, -0.25) is 0 Å². The van der Waals surface area contributed by atoms with E-state index in [9.17, 15) is 4.79 Å². The third-order valence-corrected chi connectivity index (χ3v) is 2.49. The van der Waals surface area contributed by atoms with Crippen LogP contribution >= 0.6 is 0 Å². The van der Waals surface area contributed by atoms with Crippen molar-refractivity contribution in [2.24, 2.45) is 0 Å². The van der Waals surface area contributed by atoms with Crippen molar-refractivity contribution >= 4 is 5.97 Å². The van der Waals surface area contributed by atoms with Crippen LogP contribution in [-0.4, -0.2) is 21.0 Å². The Hall–Kier alpha value is -2.17. The summed E-state index contributed by atoms with van der Waals surface area (Å²) in [6, 6.07) is 9.62. The number of ether oxygens (including phenoxy) is 1. The van der Waals surface area contributed by atoms with Crippen molar-refractivity contribution in [3.8, 4) is 0 Å². The first-order chi connectivity index (χ1) is 8.68. The van der Waals surface area contributed by atoms with Gasteiger partial charge in [0, 0.05) is 6.04 Å². The fourth-order valence-electron chi connectivity index (χ4n) is 1.57. The van der Waals surface area contributed by atoms with Crippen LogP contribution in [0.1, 0.15) is 35.9 Å². The molecule has 1 heterocycles. The molecule has 0 bridgehead atoms. The molecule has 0 saturated heterocycles. The summed E-state index contributed by atoms with van der Waals surface area (Å²) in [4.78, 5) is 11.9. The first kappa shape index (κ1) is 12.3. The van der Waals surface area contributed by atoms with E-state index < -0.39 is 5.97 Å². The Morgan fingerprint density at radius 2 is 2.06 bits per heavy atom. The lowest BCUT2D eigenvalue weighted by Crippen LogP contribution is -2.14. The maximum Gasteiger partial charge on any atom is 0.358 e. The average molecular weight is 245 g/mol. The number of aromatic nitrogens is 3. The molecule has 0 amide bonds. The molecule has 0 aliphatic rings. The highest BCUT2D eigenvalue weighted by Crippen LogP contribution is 2.09. The van der Waals surface area contributed by atoms with E-state index in [0.29, 0.717) is 5.69 Å². The van der Waals surface area contributed by atoms with Gasteiger partial charge in [-0.2, -0.15) is 0 Å². The molecular weight excluding hydrogens is 230 g/mol. The van der Waals surface area contributed by atoms with E-state index in [1.54, 1.807) is 4.68 Å².